The molecule has 1 aromatic heterocycles. The van der Waals surface area contributed by atoms with Crippen molar-refractivity contribution in [2.24, 2.45) is 0 Å². The van der Waals surface area contributed by atoms with Crippen LogP contribution in [0.1, 0.15) is 6.92 Å². The molecule has 0 amide bonds. The molecule has 0 fully saturated rings. The Morgan fingerprint density at radius 2 is 1.78 bits per heavy atom. The molecule has 0 spiro atoms. The molecule has 1 N–H and O–H groups in total. The zero-order valence-corrected chi connectivity index (χ0v) is 10.6. The second-order valence-electron chi connectivity index (χ2n) is 3.69. The van der Waals surface area contributed by atoms with Crippen LogP contribution in [0.15, 0.2) is 23.0 Å². The van der Waals surface area contributed by atoms with Gasteiger partial charge in [0.15, 0.2) is 11.5 Å². The molecule has 5 nitrogen and oxygen atoms in total. The number of aromatic amines is 1. The lowest BCUT2D eigenvalue weighted by Gasteiger charge is -2.11. The molecule has 1 aromatic carbocycles. The van der Waals surface area contributed by atoms with E-state index in [0.29, 0.717) is 24.0 Å². The fourth-order valence-electron chi connectivity index (χ4n) is 1.83. The number of nitrogens with one attached hydrogen (secondary N) is 1. The van der Waals surface area contributed by atoms with E-state index in [-0.39, 0.29) is 5.56 Å². The standard InChI is InChI=1S/C13H15NO4/c1-4-18-13-9-7-11(17-3)10(16-2)5-8(9)6-12(15)14-13/h5-7H,4H2,1-3H3,(H,14,15). The Bertz CT molecular complexity index is 618. The van der Waals surface area contributed by atoms with Gasteiger partial charge in [-0.25, -0.2) is 0 Å². The average Bonchev–Trinajstić information content (AvgIpc) is 2.37. The smallest absolute Gasteiger partial charge is 0.251 e. The lowest BCUT2D eigenvalue weighted by molar-refractivity contribution is 0.330. The highest BCUT2D eigenvalue weighted by Gasteiger charge is 2.10. The molecular formula is C13H15NO4. The molecule has 2 rings (SSSR count). The SMILES string of the molecule is CCOc1[nH]c(=O)cc2cc(OC)c(OC)cc12. The highest BCUT2D eigenvalue weighted by Crippen LogP contribution is 2.34. The Morgan fingerprint density at radius 3 is 2.39 bits per heavy atom. The van der Waals surface area contributed by atoms with Gasteiger partial charge in [-0.3, -0.25) is 9.78 Å². The van der Waals surface area contributed by atoms with Gasteiger partial charge < -0.3 is 14.2 Å². The van der Waals surface area contributed by atoms with E-state index >= 15 is 0 Å². The molecule has 0 bridgehead atoms. The summed E-state index contributed by atoms with van der Waals surface area (Å²) >= 11 is 0. The lowest BCUT2D eigenvalue weighted by atomic mass is 10.1. The minimum atomic E-state index is -0.210. The van der Waals surface area contributed by atoms with Crippen LogP contribution in [-0.4, -0.2) is 25.8 Å². The second kappa shape index (κ2) is 5.00. The van der Waals surface area contributed by atoms with Crippen molar-refractivity contribution in [2.45, 2.75) is 6.92 Å². The number of rotatable bonds is 4. The number of methoxy groups -OCH3 is 2. The van der Waals surface area contributed by atoms with Crippen LogP contribution in [0.4, 0.5) is 0 Å². The Balaban J connectivity index is 2.75. The lowest BCUT2D eigenvalue weighted by Crippen LogP contribution is -2.07. The van der Waals surface area contributed by atoms with E-state index in [2.05, 4.69) is 4.98 Å². The summed E-state index contributed by atoms with van der Waals surface area (Å²) in [5, 5.41) is 1.54. The molecular weight excluding hydrogens is 234 g/mol. The molecule has 0 radical (unpaired) electrons. The third kappa shape index (κ3) is 2.11. The third-order valence-electron chi connectivity index (χ3n) is 2.61. The van der Waals surface area contributed by atoms with Crippen LogP contribution in [0.3, 0.4) is 0 Å². The number of aromatic nitrogens is 1. The van der Waals surface area contributed by atoms with Gasteiger partial charge in [0.1, 0.15) is 0 Å². The fourth-order valence-corrected chi connectivity index (χ4v) is 1.83. The Hall–Kier alpha value is -2.17. The first kappa shape index (κ1) is 12.3. The van der Waals surface area contributed by atoms with E-state index < -0.39 is 0 Å². The first-order valence-electron chi connectivity index (χ1n) is 5.61. The van der Waals surface area contributed by atoms with Crippen molar-refractivity contribution in [3.05, 3.63) is 28.6 Å². The molecule has 18 heavy (non-hydrogen) atoms. The molecule has 2 aromatic rings. The molecule has 0 aliphatic heterocycles. The third-order valence-corrected chi connectivity index (χ3v) is 2.61. The molecule has 0 saturated heterocycles. The van der Waals surface area contributed by atoms with E-state index in [0.717, 1.165) is 10.8 Å². The molecule has 1 heterocycles. The molecule has 0 atom stereocenters. The van der Waals surface area contributed by atoms with Crippen LogP contribution in [0.5, 0.6) is 17.4 Å². The first-order valence-corrected chi connectivity index (χ1v) is 5.61. The first-order chi connectivity index (χ1) is 8.69. The van der Waals surface area contributed by atoms with Crippen molar-refractivity contribution in [3.8, 4) is 17.4 Å². The van der Waals surface area contributed by atoms with Gasteiger partial charge in [0.05, 0.1) is 20.8 Å². The summed E-state index contributed by atoms with van der Waals surface area (Å²) in [6.45, 7) is 2.33. The Morgan fingerprint density at radius 1 is 1.11 bits per heavy atom. The predicted octanol–water partition coefficient (Wildman–Crippen LogP) is 1.94. The predicted molar refractivity (Wildman–Crippen MR) is 68.8 cm³/mol. The van der Waals surface area contributed by atoms with E-state index in [1.807, 2.05) is 6.92 Å². The van der Waals surface area contributed by atoms with Crippen molar-refractivity contribution in [2.75, 3.05) is 20.8 Å². The van der Waals surface area contributed by atoms with Crippen molar-refractivity contribution in [1.29, 1.82) is 0 Å². The van der Waals surface area contributed by atoms with Crippen molar-refractivity contribution in [3.63, 3.8) is 0 Å². The van der Waals surface area contributed by atoms with Crippen molar-refractivity contribution in [1.82, 2.24) is 4.98 Å². The molecule has 0 unspecified atom stereocenters. The van der Waals surface area contributed by atoms with Crippen LogP contribution >= 0.6 is 0 Å². The van der Waals surface area contributed by atoms with Crippen LogP contribution in [-0.2, 0) is 0 Å². The van der Waals surface area contributed by atoms with Crippen LogP contribution in [0, 0.1) is 0 Å². The average molecular weight is 249 g/mol. The zero-order chi connectivity index (χ0) is 13.1. The maximum Gasteiger partial charge on any atom is 0.251 e. The van der Waals surface area contributed by atoms with Gasteiger partial charge in [-0.2, -0.15) is 0 Å². The van der Waals surface area contributed by atoms with Gasteiger partial charge in [-0.05, 0) is 24.4 Å². The summed E-state index contributed by atoms with van der Waals surface area (Å²) in [6.07, 6.45) is 0. The van der Waals surface area contributed by atoms with Gasteiger partial charge in [-0.1, -0.05) is 0 Å². The zero-order valence-electron chi connectivity index (χ0n) is 10.6. The summed E-state index contributed by atoms with van der Waals surface area (Å²) in [4.78, 5) is 14.2. The molecule has 0 aliphatic carbocycles. The summed E-state index contributed by atoms with van der Waals surface area (Å²) in [5.41, 5.74) is -0.210. The minimum absolute atomic E-state index is 0.210. The number of benzene rings is 1. The summed E-state index contributed by atoms with van der Waals surface area (Å²) < 4.78 is 15.9. The number of H-pyrrole nitrogens is 1. The van der Waals surface area contributed by atoms with Gasteiger partial charge in [0.25, 0.3) is 5.56 Å². The minimum Gasteiger partial charge on any atom is -0.493 e. The van der Waals surface area contributed by atoms with Gasteiger partial charge in [0, 0.05) is 11.5 Å². The summed E-state index contributed by atoms with van der Waals surface area (Å²) in [7, 11) is 3.12. The maximum absolute atomic E-state index is 11.5. The van der Waals surface area contributed by atoms with Gasteiger partial charge in [0.2, 0.25) is 5.88 Å². The molecule has 0 aliphatic rings. The van der Waals surface area contributed by atoms with Gasteiger partial charge in [-0.15, -0.1) is 0 Å². The molecule has 5 heteroatoms. The number of ether oxygens (including phenoxy) is 3. The van der Waals surface area contributed by atoms with Crippen LogP contribution in [0.2, 0.25) is 0 Å². The number of pyridine rings is 1. The Labute approximate surface area is 104 Å². The van der Waals surface area contributed by atoms with Crippen molar-refractivity contribution < 1.29 is 14.2 Å². The molecule has 96 valence electrons. The normalized spacial score (nSPS) is 10.4. The molecule has 0 saturated carbocycles. The van der Waals surface area contributed by atoms with E-state index in [9.17, 15) is 4.79 Å². The fraction of sp³-hybridized carbons (Fsp3) is 0.308. The largest absolute Gasteiger partial charge is 0.493 e. The highest BCUT2D eigenvalue weighted by atomic mass is 16.5. The summed E-state index contributed by atoms with van der Waals surface area (Å²) in [6, 6.07) is 5.04. The van der Waals surface area contributed by atoms with E-state index in [4.69, 9.17) is 14.2 Å². The van der Waals surface area contributed by atoms with Crippen LogP contribution in [0.25, 0.3) is 10.8 Å². The highest BCUT2D eigenvalue weighted by molar-refractivity contribution is 5.89. The monoisotopic (exact) mass is 249 g/mol. The van der Waals surface area contributed by atoms with E-state index in [1.165, 1.54) is 6.07 Å². The van der Waals surface area contributed by atoms with Crippen LogP contribution < -0.4 is 19.8 Å². The summed E-state index contributed by atoms with van der Waals surface area (Å²) in [5.74, 6) is 1.62. The topological polar surface area (TPSA) is 60.6 Å². The van der Waals surface area contributed by atoms with E-state index in [1.54, 1.807) is 26.4 Å². The number of hydrogen-bond donors (Lipinski definition) is 1. The maximum atomic E-state index is 11.5. The van der Waals surface area contributed by atoms with Gasteiger partial charge >= 0.3 is 0 Å². The second-order valence-corrected chi connectivity index (χ2v) is 3.69. The number of hydrogen-bond acceptors (Lipinski definition) is 4. The quantitative estimate of drug-likeness (QED) is 0.899. The Kier molecular flexibility index (Phi) is 3.41. The number of fused-ring (bicyclic) bond motifs is 1. The van der Waals surface area contributed by atoms with Crippen molar-refractivity contribution >= 4 is 10.8 Å².